The lowest BCUT2D eigenvalue weighted by molar-refractivity contribution is 0.347. The normalized spacial score (nSPS) is 13.3. The molecule has 0 saturated carbocycles. The highest BCUT2D eigenvalue weighted by Crippen LogP contribution is 2.23. The summed E-state index contributed by atoms with van der Waals surface area (Å²) in [5.41, 5.74) is 2.76. The molecular formula is C20H30N2O. The molecule has 2 aromatic rings. The van der Waals surface area contributed by atoms with Crippen molar-refractivity contribution in [2.24, 2.45) is 0 Å². The molecule has 0 fully saturated rings. The van der Waals surface area contributed by atoms with Gasteiger partial charge < -0.3 is 4.52 Å². The molecule has 0 saturated heterocycles. The Morgan fingerprint density at radius 1 is 1.09 bits per heavy atom. The van der Waals surface area contributed by atoms with E-state index in [9.17, 15) is 0 Å². The molecule has 1 aromatic carbocycles. The van der Waals surface area contributed by atoms with Gasteiger partial charge in [0.1, 0.15) is 0 Å². The topological polar surface area (TPSA) is 38.9 Å². The molecule has 0 N–H and O–H groups in total. The van der Waals surface area contributed by atoms with Crippen LogP contribution in [-0.2, 0) is 11.8 Å². The van der Waals surface area contributed by atoms with Crippen LogP contribution in [0.15, 0.2) is 28.8 Å². The molecule has 0 aliphatic heterocycles. The predicted molar refractivity (Wildman–Crippen MR) is 94.8 cm³/mol. The van der Waals surface area contributed by atoms with Gasteiger partial charge in [0.15, 0.2) is 5.82 Å². The molecule has 0 radical (unpaired) electrons. The molecule has 1 atom stereocenters. The summed E-state index contributed by atoms with van der Waals surface area (Å²) >= 11 is 0. The average Bonchev–Trinajstić information content (AvgIpc) is 2.95. The number of nitrogens with zero attached hydrogens (tertiary/aromatic N) is 2. The van der Waals surface area contributed by atoms with Crippen LogP contribution in [0.25, 0.3) is 0 Å². The molecule has 0 unspecified atom stereocenters. The third kappa shape index (κ3) is 5.19. The maximum Gasteiger partial charge on any atom is 0.229 e. The Hall–Kier alpha value is -1.64. The average molecular weight is 314 g/mol. The highest BCUT2D eigenvalue weighted by atomic mass is 16.5. The van der Waals surface area contributed by atoms with Crippen LogP contribution in [0.4, 0.5) is 0 Å². The van der Waals surface area contributed by atoms with Gasteiger partial charge in [-0.15, -0.1) is 0 Å². The number of hydrogen-bond acceptors (Lipinski definition) is 3. The van der Waals surface area contributed by atoms with Crippen molar-refractivity contribution in [1.82, 2.24) is 10.1 Å². The van der Waals surface area contributed by atoms with Crippen LogP contribution in [0, 0.1) is 0 Å². The predicted octanol–water partition coefficient (Wildman–Crippen LogP) is 5.64. The molecule has 2 rings (SSSR count). The highest BCUT2D eigenvalue weighted by molar-refractivity contribution is 5.28. The fraction of sp³-hybridized carbons (Fsp3) is 0.600. The Morgan fingerprint density at radius 2 is 1.78 bits per heavy atom. The van der Waals surface area contributed by atoms with Crippen LogP contribution >= 0.6 is 0 Å². The van der Waals surface area contributed by atoms with E-state index in [0.29, 0.717) is 5.92 Å². The van der Waals surface area contributed by atoms with Crippen LogP contribution in [0.3, 0.4) is 0 Å². The molecule has 0 amide bonds. The molecule has 0 aliphatic rings. The minimum absolute atomic E-state index is 0.186. The van der Waals surface area contributed by atoms with Gasteiger partial charge >= 0.3 is 0 Å². The first-order valence-electron chi connectivity index (χ1n) is 8.82. The number of rotatable bonds is 7. The Bertz CT molecular complexity index is 593. The second-order valence-electron chi connectivity index (χ2n) is 7.57. The van der Waals surface area contributed by atoms with E-state index < -0.39 is 0 Å². The molecule has 1 aromatic heterocycles. The monoisotopic (exact) mass is 314 g/mol. The van der Waals surface area contributed by atoms with Gasteiger partial charge in [0.2, 0.25) is 5.89 Å². The second-order valence-corrected chi connectivity index (χ2v) is 7.57. The van der Waals surface area contributed by atoms with E-state index in [-0.39, 0.29) is 5.41 Å². The fourth-order valence-corrected chi connectivity index (χ4v) is 2.67. The van der Waals surface area contributed by atoms with Gasteiger partial charge in [-0.25, -0.2) is 0 Å². The van der Waals surface area contributed by atoms with Gasteiger partial charge in [-0.05, 0) is 23.0 Å². The molecule has 3 heteroatoms. The molecular weight excluding hydrogens is 284 g/mol. The zero-order valence-electron chi connectivity index (χ0n) is 15.2. The summed E-state index contributed by atoms with van der Waals surface area (Å²) in [6.07, 6.45) is 5.59. The third-order valence-electron chi connectivity index (χ3n) is 4.33. The largest absolute Gasteiger partial charge is 0.339 e. The van der Waals surface area contributed by atoms with E-state index in [0.717, 1.165) is 24.6 Å². The fourth-order valence-electron chi connectivity index (χ4n) is 2.67. The number of unbranched alkanes of at least 4 members (excludes halogenated alkanes) is 2. The van der Waals surface area contributed by atoms with Crippen LogP contribution in [0.5, 0.6) is 0 Å². The van der Waals surface area contributed by atoms with Gasteiger partial charge in [0, 0.05) is 12.3 Å². The van der Waals surface area contributed by atoms with E-state index >= 15 is 0 Å². The van der Waals surface area contributed by atoms with Crippen molar-refractivity contribution >= 4 is 0 Å². The van der Waals surface area contributed by atoms with Crippen LogP contribution in [0.1, 0.15) is 89.1 Å². The summed E-state index contributed by atoms with van der Waals surface area (Å²) in [5.74, 6) is 1.92. The summed E-state index contributed by atoms with van der Waals surface area (Å²) in [4.78, 5) is 4.58. The van der Waals surface area contributed by atoms with Crippen molar-refractivity contribution in [2.45, 2.75) is 78.1 Å². The number of benzene rings is 1. The molecule has 0 aliphatic carbocycles. The lowest BCUT2D eigenvalue weighted by Gasteiger charge is -2.18. The van der Waals surface area contributed by atoms with Crippen molar-refractivity contribution in [3.8, 4) is 0 Å². The highest BCUT2D eigenvalue weighted by Gasteiger charge is 2.15. The minimum atomic E-state index is 0.186. The molecule has 3 nitrogen and oxygen atoms in total. The molecule has 126 valence electrons. The van der Waals surface area contributed by atoms with Crippen LogP contribution in [0.2, 0.25) is 0 Å². The van der Waals surface area contributed by atoms with Crippen molar-refractivity contribution in [3.63, 3.8) is 0 Å². The maximum atomic E-state index is 5.45. The standard InChI is InChI=1S/C20H30N2O/c1-6-7-8-9-15(2)19-21-18(22-23-19)14-16-10-12-17(13-11-16)20(3,4)5/h10-13,15H,6-9,14H2,1-5H3/t15-/m0/s1. The van der Waals surface area contributed by atoms with E-state index in [2.05, 4.69) is 69.0 Å². The quantitative estimate of drug-likeness (QED) is 0.621. The van der Waals surface area contributed by atoms with E-state index in [1.54, 1.807) is 0 Å². The zero-order valence-corrected chi connectivity index (χ0v) is 15.2. The van der Waals surface area contributed by atoms with E-state index in [1.807, 2.05) is 0 Å². The summed E-state index contributed by atoms with van der Waals surface area (Å²) < 4.78 is 5.45. The Labute approximate surface area is 140 Å². The Morgan fingerprint density at radius 3 is 2.39 bits per heavy atom. The zero-order chi connectivity index (χ0) is 16.9. The van der Waals surface area contributed by atoms with E-state index in [4.69, 9.17) is 4.52 Å². The molecule has 23 heavy (non-hydrogen) atoms. The Balaban J connectivity index is 1.96. The summed E-state index contributed by atoms with van der Waals surface area (Å²) in [5, 5.41) is 4.15. The van der Waals surface area contributed by atoms with Crippen molar-refractivity contribution in [1.29, 1.82) is 0 Å². The van der Waals surface area contributed by atoms with Crippen LogP contribution in [-0.4, -0.2) is 10.1 Å². The SMILES string of the molecule is CCCCC[C@H](C)c1nc(Cc2ccc(C(C)(C)C)cc2)no1. The van der Waals surface area contributed by atoms with Crippen LogP contribution < -0.4 is 0 Å². The van der Waals surface area contributed by atoms with Gasteiger partial charge in [-0.3, -0.25) is 0 Å². The molecule has 1 heterocycles. The number of aromatic nitrogens is 2. The summed E-state index contributed by atoms with van der Waals surface area (Å²) in [7, 11) is 0. The number of hydrogen-bond donors (Lipinski definition) is 0. The van der Waals surface area contributed by atoms with Gasteiger partial charge in [0.25, 0.3) is 0 Å². The van der Waals surface area contributed by atoms with Gasteiger partial charge in [0.05, 0.1) is 0 Å². The lowest BCUT2D eigenvalue weighted by atomic mass is 9.86. The maximum absolute atomic E-state index is 5.45. The molecule has 0 bridgehead atoms. The minimum Gasteiger partial charge on any atom is -0.339 e. The summed E-state index contributed by atoms with van der Waals surface area (Å²) in [6.45, 7) is 11.1. The van der Waals surface area contributed by atoms with Crippen molar-refractivity contribution in [3.05, 3.63) is 47.1 Å². The third-order valence-corrected chi connectivity index (χ3v) is 4.33. The Kier molecular flexibility index (Phi) is 5.97. The van der Waals surface area contributed by atoms with Gasteiger partial charge in [-0.2, -0.15) is 4.98 Å². The van der Waals surface area contributed by atoms with E-state index in [1.165, 1.54) is 30.4 Å². The molecule has 0 spiro atoms. The lowest BCUT2D eigenvalue weighted by Crippen LogP contribution is -2.10. The first kappa shape index (κ1) is 17.7. The smallest absolute Gasteiger partial charge is 0.229 e. The first-order chi connectivity index (χ1) is 10.9. The summed E-state index contributed by atoms with van der Waals surface area (Å²) in [6, 6.07) is 8.73. The van der Waals surface area contributed by atoms with Crippen molar-refractivity contribution in [2.75, 3.05) is 0 Å². The first-order valence-corrected chi connectivity index (χ1v) is 8.82. The second kappa shape index (κ2) is 7.76. The van der Waals surface area contributed by atoms with Crippen molar-refractivity contribution < 1.29 is 4.52 Å². The van der Waals surface area contributed by atoms with Gasteiger partial charge in [-0.1, -0.05) is 83.3 Å².